The second kappa shape index (κ2) is 12.6. The molecule has 0 bridgehead atoms. The van der Waals surface area contributed by atoms with Gasteiger partial charge in [0.25, 0.3) is 11.8 Å². The predicted octanol–water partition coefficient (Wildman–Crippen LogP) is 1.20. The summed E-state index contributed by atoms with van der Waals surface area (Å²) >= 11 is 7.33. The summed E-state index contributed by atoms with van der Waals surface area (Å²) in [6.07, 6.45) is 5.54. The average Bonchev–Trinajstić information content (AvgIpc) is 3.64. The highest BCUT2D eigenvalue weighted by Gasteiger charge is 2.38. The maximum absolute atomic E-state index is 13.4. The van der Waals surface area contributed by atoms with Crippen LogP contribution in [0.15, 0.2) is 29.9 Å². The molecule has 214 valence electrons. The van der Waals surface area contributed by atoms with E-state index in [1.807, 2.05) is 0 Å². The number of fused-ring (bicyclic) bond motifs is 1. The molecule has 13 nitrogen and oxygen atoms in total. The molecule has 3 aromatic heterocycles. The number of carbonyl (C=O) groups excluding carboxylic acids is 3. The number of hydrogen-bond donors (Lipinski definition) is 5. The molecule has 0 spiro atoms. The van der Waals surface area contributed by atoms with Crippen molar-refractivity contribution in [2.45, 2.75) is 43.8 Å². The van der Waals surface area contributed by atoms with Gasteiger partial charge in [0.05, 0.1) is 11.1 Å². The van der Waals surface area contributed by atoms with Crippen molar-refractivity contribution in [3.63, 3.8) is 0 Å². The molecule has 0 saturated carbocycles. The Labute approximate surface area is 240 Å². The fraction of sp³-hybridized carbons (Fsp3) is 0.440. The first-order chi connectivity index (χ1) is 19.0. The number of thiazole rings is 1. The third-order valence-electron chi connectivity index (χ3n) is 6.55. The van der Waals surface area contributed by atoms with E-state index >= 15 is 0 Å². The standard InChI is InChI=1S/C25H33ClN10O3S/c1-34(2)23(38)16(5-3-4-8-30-25(28)29)32-21(37)18-13-40-22(33-18)19-9-15(27)11-36(19)24(39)17-12-35-10-14(26)6-7-20(35)31-17/h6-7,10,12-13,15-16,19H,3-5,8-9,11,27H2,1-2H3,(H,32,37)(H4,28,29,30)/t15-,16?,19+/m1/s1. The number of likely N-dealkylation sites (N-methyl/N-ethyl adjacent to an activating group) is 1. The van der Waals surface area contributed by atoms with Gasteiger partial charge in [0.1, 0.15) is 28.1 Å². The maximum Gasteiger partial charge on any atom is 0.274 e. The number of likely N-dealkylation sites (tertiary alicyclic amines) is 1. The van der Waals surface area contributed by atoms with Crippen LogP contribution in [0.1, 0.15) is 57.7 Å². The Kier molecular flexibility index (Phi) is 9.22. The van der Waals surface area contributed by atoms with Gasteiger partial charge < -0.3 is 36.3 Å². The maximum atomic E-state index is 13.4. The van der Waals surface area contributed by atoms with Crippen LogP contribution in [0, 0.1) is 5.41 Å². The number of carbonyl (C=O) groups is 3. The number of unbranched alkanes of at least 4 members (excludes halogenated alkanes) is 1. The van der Waals surface area contributed by atoms with Crippen LogP contribution in [0.5, 0.6) is 0 Å². The number of guanidine groups is 1. The first-order valence-electron chi connectivity index (χ1n) is 12.8. The van der Waals surface area contributed by atoms with Gasteiger partial charge in [-0.2, -0.15) is 0 Å². The van der Waals surface area contributed by atoms with Gasteiger partial charge in [0, 0.05) is 51.0 Å². The topological polar surface area (TPSA) is 188 Å². The Morgan fingerprint density at radius 3 is 2.73 bits per heavy atom. The minimum Gasteiger partial charge on any atom is -0.370 e. The van der Waals surface area contributed by atoms with E-state index in [9.17, 15) is 14.4 Å². The Morgan fingerprint density at radius 1 is 1.23 bits per heavy atom. The lowest BCUT2D eigenvalue weighted by Gasteiger charge is -2.22. The van der Waals surface area contributed by atoms with Gasteiger partial charge in [0.2, 0.25) is 5.91 Å². The Hall–Kier alpha value is -3.75. The molecule has 40 heavy (non-hydrogen) atoms. The lowest BCUT2D eigenvalue weighted by molar-refractivity contribution is -0.130. The van der Waals surface area contributed by atoms with Crippen molar-refractivity contribution < 1.29 is 14.4 Å². The van der Waals surface area contributed by atoms with Crippen molar-refractivity contribution in [1.29, 1.82) is 5.41 Å². The summed E-state index contributed by atoms with van der Waals surface area (Å²) in [5.74, 6) is -1.09. The Balaban J connectivity index is 1.45. The SMILES string of the molecule is CN(C)C(=O)C(CCCCNC(=N)N)NC(=O)c1csc([C@@H]2C[C@@H](N)CN2C(=O)c2cn3cc(Cl)ccc3n2)n1. The summed E-state index contributed by atoms with van der Waals surface area (Å²) in [4.78, 5) is 51.3. The molecule has 0 radical (unpaired) electrons. The smallest absolute Gasteiger partial charge is 0.274 e. The minimum absolute atomic E-state index is 0.111. The van der Waals surface area contributed by atoms with Crippen molar-refractivity contribution >= 4 is 52.3 Å². The zero-order valence-corrected chi connectivity index (χ0v) is 23.8. The molecular weight excluding hydrogens is 556 g/mol. The second-order valence-electron chi connectivity index (χ2n) is 9.87. The number of nitrogens with two attached hydrogens (primary N) is 2. The van der Waals surface area contributed by atoms with Crippen LogP contribution in [-0.4, -0.2) is 87.1 Å². The number of rotatable bonds is 10. The highest BCUT2D eigenvalue weighted by Crippen LogP contribution is 2.34. The molecule has 1 aliphatic rings. The van der Waals surface area contributed by atoms with E-state index in [4.69, 9.17) is 28.5 Å². The van der Waals surface area contributed by atoms with Crippen molar-refractivity contribution in [1.82, 2.24) is 34.8 Å². The number of halogens is 1. The molecule has 1 aliphatic heterocycles. The summed E-state index contributed by atoms with van der Waals surface area (Å²) < 4.78 is 1.69. The lowest BCUT2D eigenvalue weighted by Crippen LogP contribution is -2.46. The zero-order valence-electron chi connectivity index (χ0n) is 22.3. The second-order valence-corrected chi connectivity index (χ2v) is 11.2. The molecule has 0 aliphatic carbocycles. The fourth-order valence-corrected chi connectivity index (χ4v) is 5.68. The number of imidazole rings is 1. The molecule has 0 aromatic carbocycles. The van der Waals surface area contributed by atoms with Crippen molar-refractivity contribution in [3.8, 4) is 0 Å². The quantitative estimate of drug-likeness (QED) is 0.133. The molecular formula is C25H33ClN10O3S. The number of hydrogen-bond acceptors (Lipinski definition) is 8. The highest BCUT2D eigenvalue weighted by atomic mass is 35.5. The van der Waals surface area contributed by atoms with Gasteiger partial charge in [-0.15, -0.1) is 11.3 Å². The van der Waals surface area contributed by atoms with E-state index in [1.165, 1.54) is 16.2 Å². The highest BCUT2D eigenvalue weighted by molar-refractivity contribution is 7.09. The summed E-state index contributed by atoms with van der Waals surface area (Å²) in [7, 11) is 3.26. The molecule has 4 heterocycles. The third kappa shape index (κ3) is 6.87. The molecule has 3 atom stereocenters. The van der Waals surface area contributed by atoms with Crippen LogP contribution in [0.25, 0.3) is 5.65 Å². The van der Waals surface area contributed by atoms with Crippen molar-refractivity contribution in [2.24, 2.45) is 11.5 Å². The van der Waals surface area contributed by atoms with E-state index in [0.717, 1.165) is 0 Å². The summed E-state index contributed by atoms with van der Waals surface area (Å²) in [6, 6.07) is 2.05. The minimum atomic E-state index is -0.730. The van der Waals surface area contributed by atoms with E-state index in [1.54, 1.807) is 53.3 Å². The van der Waals surface area contributed by atoms with Crippen LogP contribution < -0.4 is 22.1 Å². The average molecular weight is 589 g/mol. The number of nitrogens with one attached hydrogen (secondary N) is 3. The largest absolute Gasteiger partial charge is 0.370 e. The van der Waals surface area contributed by atoms with Crippen LogP contribution in [-0.2, 0) is 4.79 Å². The van der Waals surface area contributed by atoms with Gasteiger partial charge in [-0.1, -0.05) is 11.6 Å². The molecule has 3 aromatic rings. The Bertz CT molecular complexity index is 1410. The summed E-state index contributed by atoms with van der Waals surface area (Å²) in [5, 5.41) is 15.5. The molecule has 7 N–H and O–H groups in total. The molecule has 15 heteroatoms. The van der Waals surface area contributed by atoms with Crippen LogP contribution in [0.4, 0.5) is 0 Å². The van der Waals surface area contributed by atoms with Crippen LogP contribution >= 0.6 is 22.9 Å². The number of aromatic nitrogens is 3. The van der Waals surface area contributed by atoms with E-state index < -0.39 is 18.0 Å². The van der Waals surface area contributed by atoms with Crippen molar-refractivity contribution in [3.05, 3.63) is 51.3 Å². The van der Waals surface area contributed by atoms with Crippen molar-refractivity contribution in [2.75, 3.05) is 27.2 Å². The molecule has 3 amide bonds. The lowest BCUT2D eigenvalue weighted by atomic mass is 10.1. The summed E-state index contributed by atoms with van der Waals surface area (Å²) in [5.41, 5.74) is 12.6. The van der Waals surface area contributed by atoms with Gasteiger partial charge in [0.15, 0.2) is 5.96 Å². The van der Waals surface area contributed by atoms with Crippen LogP contribution in [0.2, 0.25) is 5.02 Å². The molecule has 1 fully saturated rings. The number of amides is 3. The van der Waals surface area contributed by atoms with E-state index in [-0.39, 0.29) is 35.2 Å². The van der Waals surface area contributed by atoms with Gasteiger partial charge in [-0.05, 0) is 37.8 Å². The normalized spacial score (nSPS) is 17.6. The van der Waals surface area contributed by atoms with Gasteiger partial charge in [-0.3, -0.25) is 19.8 Å². The van der Waals surface area contributed by atoms with E-state index in [2.05, 4.69) is 20.6 Å². The first-order valence-corrected chi connectivity index (χ1v) is 14.1. The Morgan fingerprint density at radius 2 is 2.00 bits per heavy atom. The first kappa shape index (κ1) is 29.2. The third-order valence-corrected chi connectivity index (χ3v) is 7.72. The van der Waals surface area contributed by atoms with Crippen LogP contribution in [0.3, 0.4) is 0 Å². The van der Waals surface area contributed by atoms with Gasteiger partial charge in [-0.25, -0.2) is 9.97 Å². The number of pyridine rings is 1. The monoisotopic (exact) mass is 588 g/mol. The number of nitrogens with zero attached hydrogens (tertiary/aromatic N) is 5. The van der Waals surface area contributed by atoms with Gasteiger partial charge >= 0.3 is 0 Å². The molecule has 4 rings (SSSR count). The predicted molar refractivity (Wildman–Crippen MR) is 152 cm³/mol. The molecule has 1 saturated heterocycles. The van der Waals surface area contributed by atoms with E-state index in [0.29, 0.717) is 54.5 Å². The fourth-order valence-electron chi connectivity index (χ4n) is 4.58. The zero-order chi connectivity index (χ0) is 29.0. The summed E-state index contributed by atoms with van der Waals surface area (Å²) in [6.45, 7) is 0.834. The molecule has 1 unspecified atom stereocenters.